The molecule has 0 aliphatic carbocycles. The number of sulfone groups is 2. The van der Waals surface area contributed by atoms with Crippen molar-refractivity contribution < 1.29 is 31.2 Å². The number of primary amides is 1. The molecule has 0 atom stereocenters. The summed E-state index contributed by atoms with van der Waals surface area (Å²) >= 11 is 0. The predicted octanol–water partition coefficient (Wildman–Crippen LogP) is 1.83. The van der Waals surface area contributed by atoms with Gasteiger partial charge in [-0.3, -0.25) is 53.7 Å². The Morgan fingerprint density at radius 3 is 1.24 bits per heavy atom. The molecule has 9 fully saturated rings. The highest BCUT2D eigenvalue weighted by atomic mass is 32.2. The summed E-state index contributed by atoms with van der Waals surface area (Å²) in [7, 11) is -3.47. The molecule has 0 aromatic carbocycles. The van der Waals surface area contributed by atoms with Crippen LogP contribution in [0.4, 0.5) is 0 Å². The summed E-state index contributed by atoms with van der Waals surface area (Å²) in [5.41, 5.74) is 4.86. The molecule has 462 valence electrons. The van der Waals surface area contributed by atoms with Gasteiger partial charge in [0.05, 0.1) is 48.3 Å². The maximum Gasteiger partial charge on any atom is 0.237 e. The van der Waals surface area contributed by atoms with Gasteiger partial charge in [-0.2, -0.15) is 0 Å². The van der Waals surface area contributed by atoms with Gasteiger partial charge in [0.1, 0.15) is 0 Å². The summed E-state index contributed by atoms with van der Waals surface area (Å²) in [5.74, 6) is 5.08. The standard InChI is InChI=1S/C13H26N2O2S.C12H25N3O.C11H21N3O.C11H22N2O2S.C11H22N2O/c1-12(2)11-14-5-3-13(4-6-14)15-7-9-18(16,17)10-8-15;1-9(2)6-15-7-10(8-15)14(5)12(3,4)11(13)16;1-9(2)5-13-6-10(7-13)14-4-3-12-11(15)8-14;1-10(2)7-12-8-11(9-12)13-3-5-16(14,15)6-4-13;1-10(2)7-12-8-11(9-12)13-3-5-14-6-4-13/h12-13H,3-11H2,1-2H3;9-10H,6-8H2,1-5H3,(H2,13,16);9-10H,3-8H2,1-2H3,(H,12,15);10-11H,3-9H2,1-2H3;10-11H,3-9H2,1-2H3. The van der Waals surface area contributed by atoms with Gasteiger partial charge in [-0.25, -0.2) is 16.8 Å². The van der Waals surface area contributed by atoms with Crippen LogP contribution in [0, 0.1) is 29.6 Å². The summed E-state index contributed by atoms with van der Waals surface area (Å²) in [6.45, 7) is 53.4. The minimum atomic E-state index is -2.73. The fourth-order valence-electron chi connectivity index (χ4n) is 12.5. The molecule has 9 rings (SSSR count). The number of carbonyl (C=O) groups excluding carboxylic acids is 2. The number of rotatable bonds is 17. The van der Waals surface area contributed by atoms with Crippen molar-refractivity contribution in [3.05, 3.63) is 0 Å². The highest BCUT2D eigenvalue weighted by molar-refractivity contribution is 7.91. The van der Waals surface area contributed by atoms with Gasteiger partial charge in [-0.15, -0.1) is 0 Å². The van der Waals surface area contributed by atoms with Gasteiger partial charge in [-0.1, -0.05) is 69.2 Å². The van der Waals surface area contributed by atoms with E-state index < -0.39 is 25.2 Å². The number of piperidine rings is 1. The molecule has 9 heterocycles. The normalized spacial score (nSPS) is 25.5. The number of piperazine rings is 1. The first kappa shape index (κ1) is 68.2. The number of nitrogens with one attached hydrogen (secondary N) is 1. The second kappa shape index (κ2) is 32.1. The van der Waals surface area contributed by atoms with Crippen LogP contribution < -0.4 is 11.1 Å². The first-order valence-electron chi connectivity index (χ1n) is 30.9. The third-order valence-electron chi connectivity index (χ3n) is 17.4. The fourth-order valence-corrected chi connectivity index (χ4v) is 14.9. The maximum atomic E-state index is 11.4. The number of morpholine rings is 1. The van der Waals surface area contributed by atoms with Crippen molar-refractivity contribution in [2.75, 3.05) is 200 Å². The highest BCUT2D eigenvalue weighted by Crippen LogP contribution is 2.24. The fraction of sp³-hybridized carbons (Fsp3) is 0.966. The van der Waals surface area contributed by atoms with Crippen LogP contribution in [-0.2, 0) is 34.0 Å². The lowest BCUT2D eigenvalue weighted by Crippen LogP contribution is -2.66. The van der Waals surface area contributed by atoms with Crippen molar-refractivity contribution >= 4 is 31.5 Å². The van der Waals surface area contributed by atoms with Gasteiger partial charge in [0.25, 0.3) is 0 Å². The molecule has 9 aliphatic rings. The molecule has 0 unspecified atom stereocenters. The summed E-state index contributed by atoms with van der Waals surface area (Å²) in [6.07, 6.45) is 2.40. The van der Waals surface area contributed by atoms with Crippen molar-refractivity contribution in [2.24, 2.45) is 35.3 Å². The molecule has 0 aromatic heterocycles. The maximum absolute atomic E-state index is 11.4. The molecular weight excluding hydrogens is 1040 g/mol. The van der Waals surface area contributed by atoms with E-state index in [0.717, 1.165) is 141 Å². The van der Waals surface area contributed by atoms with Crippen LogP contribution in [0.2, 0.25) is 0 Å². The average Bonchev–Trinajstić information content (AvgIpc) is 3.31. The second-order valence-electron chi connectivity index (χ2n) is 27.4. The van der Waals surface area contributed by atoms with E-state index >= 15 is 0 Å². The number of nitrogens with zero attached hydrogens (tertiary/aromatic N) is 10. The first-order valence-corrected chi connectivity index (χ1v) is 34.6. The number of hydrogen-bond donors (Lipinski definition) is 2. The minimum Gasteiger partial charge on any atom is -0.379 e. The zero-order valence-corrected chi connectivity index (χ0v) is 53.8. The third kappa shape index (κ3) is 23.4. The number of ether oxygens (including phenoxy) is 1. The molecule has 0 aromatic rings. The van der Waals surface area contributed by atoms with E-state index in [2.05, 4.69) is 124 Å². The van der Waals surface area contributed by atoms with E-state index in [0.29, 0.717) is 59.6 Å². The highest BCUT2D eigenvalue weighted by Gasteiger charge is 2.41. The lowest BCUT2D eigenvalue weighted by molar-refractivity contribution is -0.131. The van der Waals surface area contributed by atoms with Gasteiger partial charge in [0.2, 0.25) is 11.8 Å². The van der Waals surface area contributed by atoms with Crippen LogP contribution in [0.5, 0.6) is 0 Å². The molecule has 21 heteroatoms. The Bertz CT molecular complexity index is 1980. The number of likely N-dealkylation sites (N-methyl/N-ethyl adjacent to an activating group) is 1. The number of hydrogen-bond acceptors (Lipinski definition) is 17. The minimum absolute atomic E-state index is 0.184. The smallest absolute Gasteiger partial charge is 0.237 e. The zero-order valence-electron chi connectivity index (χ0n) is 52.1. The van der Waals surface area contributed by atoms with E-state index in [4.69, 9.17) is 10.5 Å². The van der Waals surface area contributed by atoms with E-state index in [1.807, 2.05) is 20.9 Å². The summed E-state index contributed by atoms with van der Waals surface area (Å²) in [6, 6.07) is 3.12. The molecular formula is C58H116N12O7S2. The van der Waals surface area contributed by atoms with Crippen molar-refractivity contribution in [3.63, 3.8) is 0 Å². The van der Waals surface area contributed by atoms with Gasteiger partial charge >= 0.3 is 0 Å². The van der Waals surface area contributed by atoms with Gasteiger partial charge in [0, 0.05) is 168 Å². The summed E-state index contributed by atoms with van der Waals surface area (Å²) in [4.78, 5) is 46.7. The monoisotopic (exact) mass is 1160 g/mol. The average molecular weight is 1160 g/mol. The van der Waals surface area contributed by atoms with Crippen LogP contribution in [-0.4, -0.2) is 314 Å². The molecule has 0 bridgehead atoms. The second-order valence-corrected chi connectivity index (χ2v) is 32.0. The van der Waals surface area contributed by atoms with Crippen molar-refractivity contribution in [3.8, 4) is 0 Å². The SMILES string of the molecule is CC(C)CN1CC(N(C)C(C)(C)C(N)=O)C1.CC(C)CN1CC(N2CCNC(=O)C2)C1.CC(C)CN1CC(N2CCOCC2)C1.CC(C)CN1CC(N2CCS(=O)(=O)CC2)C1.CC(C)CN1CCC(N2CCS(=O)(=O)CC2)CC1. The van der Waals surface area contributed by atoms with Gasteiger partial charge in [0.15, 0.2) is 19.7 Å². The van der Waals surface area contributed by atoms with Crippen LogP contribution >= 0.6 is 0 Å². The van der Waals surface area contributed by atoms with E-state index in [1.54, 1.807) is 0 Å². The lowest BCUT2D eigenvalue weighted by atomic mass is 9.96. The largest absolute Gasteiger partial charge is 0.379 e. The molecule has 79 heavy (non-hydrogen) atoms. The van der Waals surface area contributed by atoms with E-state index in [-0.39, 0.29) is 11.8 Å². The Balaban J connectivity index is 0.000000182. The van der Waals surface area contributed by atoms with Crippen LogP contribution in [0.1, 0.15) is 95.9 Å². The molecule has 2 amide bonds. The Kier molecular flexibility index (Phi) is 27.7. The Labute approximate surface area is 482 Å². The van der Waals surface area contributed by atoms with Crippen LogP contribution in [0.15, 0.2) is 0 Å². The van der Waals surface area contributed by atoms with Crippen LogP contribution in [0.3, 0.4) is 0 Å². The Morgan fingerprint density at radius 2 is 0.873 bits per heavy atom. The molecule has 0 radical (unpaired) electrons. The number of likely N-dealkylation sites (tertiary alicyclic amines) is 5. The molecule has 3 N–H and O–H groups in total. The molecule has 0 saturated carbocycles. The van der Waals surface area contributed by atoms with E-state index in [1.165, 1.54) is 65.2 Å². The Morgan fingerprint density at radius 1 is 0.532 bits per heavy atom. The predicted molar refractivity (Wildman–Crippen MR) is 323 cm³/mol. The number of amides is 2. The quantitative estimate of drug-likeness (QED) is 0.215. The lowest BCUT2D eigenvalue weighted by Gasteiger charge is -2.49. The Hall–Kier alpha value is -1.60. The molecule has 19 nitrogen and oxygen atoms in total. The first-order chi connectivity index (χ1) is 37.1. The van der Waals surface area contributed by atoms with Crippen molar-refractivity contribution in [2.45, 2.75) is 132 Å². The summed E-state index contributed by atoms with van der Waals surface area (Å²) < 4.78 is 50.8. The van der Waals surface area contributed by atoms with E-state index in [9.17, 15) is 26.4 Å². The van der Waals surface area contributed by atoms with Crippen LogP contribution in [0.25, 0.3) is 0 Å². The van der Waals surface area contributed by atoms with Gasteiger partial charge < -0.3 is 20.7 Å². The topological polar surface area (TPSA) is 182 Å². The molecule has 9 aliphatic heterocycles. The zero-order chi connectivity index (χ0) is 58.2. The number of nitrogens with two attached hydrogens (primary N) is 1. The van der Waals surface area contributed by atoms with Crippen molar-refractivity contribution in [1.29, 1.82) is 0 Å². The summed E-state index contributed by atoms with van der Waals surface area (Å²) in [5, 5.41) is 2.86. The molecule has 0 spiro atoms. The van der Waals surface area contributed by atoms with Gasteiger partial charge in [-0.05, 0) is 76.4 Å². The van der Waals surface area contributed by atoms with Crippen molar-refractivity contribution in [1.82, 2.24) is 54.3 Å². The third-order valence-corrected chi connectivity index (χ3v) is 20.6. The molecule has 9 saturated heterocycles. The number of carbonyl (C=O) groups is 2.